The molecule has 0 saturated carbocycles. The first kappa shape index (κ1) is 12.6. The molecule has 4 N–H and O–H groups in total. The topological polar surface area (TPSA) is 101 Å². The van der Waals surface area contributed by atoms with E-state index >= 15 is 0 Å². The molecule has 7 heteroatoms. The van der Waals surface area contributed by atoms with Crippen LogP contribution in [0.3, 0.4) is 0 Å². The molecule has 1 rings (SSSR count). The average Bonchev–Trinajstić information content (AvgIpc) is 2.28. The first-order valence-electron chi connectivity index (χ1n) is 4.55. The Labute approximate surface area is 93.9 Å². The van der Waals surface area contributed by atoms with Gasteiger partial charge in [-0.05, 0) is 19.1 Å². The number of hydrazine groups is 1. The van der Waals surface area contributed by atoms with E-state index in [-0.39, 0.29) is 4.90 Å². The zero-order chi connectivity index (χ0) is 12.2. The largest absolute Gasteiger partial charge is 0.293 e. The summed E-state index contributed by atoms with van der Waals surface area (Å²) in [5.74, 6) is 4.30. The van der Waals surface area contributed by atoms with E-state index in [2.05, 4.69) is 4.72 Å². The summed E-state index contributed by atoms with van der Waals surface area (Å²) in [6.45, 7) is 1.41. The number of nitrogens with two attached hydrogens (primary N) is 1. The van der Waals surface area contributed by atoms with Crippen LogP contribution in [-0.4, -0.2) is 20.4 Å². The number of carbonyl (C=O) groups excluding carboxylic acids is 1. The second kappa shape index (κ2) is 5.06. The van der Waals surface area contributed by atoms with Gasteiger partial charge in [0.25, 0.3) is 5.91 Å². The molecule has 0 aliphatic rings. The van der Waals surface area contributed by atoms with Crippen molar-refractivity contribution in [3.05, 3.63) is 30.3 Å². The lowest BCUT2D eigenvalue weighted by molar-refractivity contribution is -0.122. The van der Waals surface area contributed by atoms with Crippen molar-refractivity contribution in [2.24, 2.45) is 5.84 Å². The van der Waals surface area contributed by atoms with E-state index in [0.29, 0.717) is 0 Å². The third-order valence-corrected chi connectivity index (χ3v) is 3.48. The van der Waals surface area contributed by atoms with Crippen molar-refractivity contribution in [3.63, 3.8) is 0 Å². The van der Waals surface area contributed by atoms with Gasteiger partial charge in [-0.1, -0.05) is 18.2 Å². The molecule has 0 aromatic heterocycles. The number of hydrogen-bond donors (Lipinski definition) is 3. The van der Waals surface area contributed by atoms with Gasteiger partial charge in [0.2, 0.25) is 10.0 Å². The van der Waals surface area contributed by atoms with Crippen LogP contribution in [0.25, 0.3) is 0 Å². The predicted molar refractivity (Wildman–Crippen MR) is 58.6 cm³/mol. The molecule has 16 heavy (non-hydrogen) atoms. The van der Waals surface area contributed by atoms with Gasteiger partial charge in [-0.3, -0.25) is 10.2 Å². The van der Waals surface area contributed by atoms with Crippen LogP contribution in [0.4, 0.5) is 0 Å². The normalized spacial score (nSPS) is 13.1. The zero-order valence-electron chi connectivity index (χ0n) is 8.67. The summed E-state index contributed by atoms with van der Waals surface area (Å²) in [5.41, 5.74) is 1.87. The third-order valence-electron chi connectivity index (χ3n) is 1.92. The molecule has 0 aliphatic heterocycles. The molecule has 0 heterocycles. The van der Waals surface area contributed by atoms with Crippen molar-refractivity contribution < 1.29 is 13.2 Å². The van der Waals surface area contributed by atoms with E-state index in [1.807, 2.05) is 5.43 Å². The van der Waals surface area contributed by atoms with Crippen LogP contribution in [-0.2, 0) is 14.8 Å². The van der Waals surface area contributed by atoms with Crippen molar-refractivity contribution in [3.8, 4) is 0 Å². The van der Waals surface area contributed by atoms with E-state index in [0.717, 1.165) is 0 Å². The summed E-state index contributed by atoms with van der Waals surface area (Å²) in [6, 6.07) is 6.86. The average molecular weight is 243 g/mol. The number of nitrogens with one attached hydrogen (secondary N) is 2. The minimum atomic E-state index is -3.68. The van der Waals surface area contributed by atoms with Crippen LogP contribution < -0.4 is 16.0 Å². The fraction of sp³-hybridized carbons (Fsp3) is 0.222. The Bertz CT molecular complexity index is 458. The summed E-state index contributed by atoms with van der Waals surface area (Å²) in [7, 11) is -3.68. The number of rotatable bonds is 4. The molecular weight excluding hydrogens is 230 g/mol. The van der Waals surface area contributed by atoms with Crippen molar-refractivity contribution in [2.45, 2.75) is 17.9 Å². The van der Waals surface area contributed by atoms with E-state index < -0.39 is 22.0 Å². The van der Waals surface area contributed by atoms with Crippen LogP contribution in [0.5, 0.6) is 0 Å². The van der Waals surface area contributed by atoms with Gasteiger partial charge in [0.1, 0.15) is 0 Å². The van der Waals surface area contributed by atoms with Gasteiger partial charge in [0.15, 0.2) is 0 Å². The highest BCUT2D eigenvalue weighted by molar-refractivity contribution is 7.89. The standard InChI is InChI=1S/C9H13N3O3S/c1-7(9(13)11-10)12-16(14,15)8-5-3-2-4-6-8/h2-7,12H,10H2,1H3,(H,11,13)/t7-/m0/s1. The maximum atomic E-state index is 11.7. The van der Waals surface area contributed by atoms with Crippen molar-refractivity contribution in [1.29, 1.82) is 0 Å². The molecule has 0 saturated heterocycles. The Morgan fingerprint density at radius 2 is 1.88 bits per heavy atom. The third kappa shape index (κ3) is 3.02. The molecule has 0 unspecified atom stereocenters. The number of carbonyl (C=O) groups is 1. The summed E-state index contributed by atoms with van der Waals surface area (Å²) >= 11 is 0. The highest BCUT2D eigenvalue weighted by atomic mass is 32.2. The van der Waals surface area contributed by atoms with Crippen LogP contribution >= 0.6 is 0 Å². The van der Waals surface area contributed by atoms with Crippen molar-refractivity contribution >= 4 is 15.9 Å². The maximum absolute atomic E-state index is 11.7. The zero-order valence-corrected chi connectivity index (χ0v) is 9.49. The monoisotopic (exact) mass is 243 g/mol. The van der Waals surface area contributed by atoms with Gasteiger partial charge in [-0.2, -0.15) is 4.72 Å². The van der Waals surface area contributed by atoms with E-state index in [4.69, 9.17) is 5.84 Å². The fourth-order valence-corrected chi connectivity index (χ4v) is 2.30. The van der Waals surface area contributed by atoms with Crippen LogP contribution in [0.15, 0.2) is 35.2 Å². The van der Waals surface area contributed by atoms with Gasteiger partial charge in [-0.25, -0.2) is 14.3 Å². The number of amides is 1. The highest BCUT2D eigenvalue weighted by Crippen LogP contribution is 2.07. The van der Waals surface area contributed by atoms with Gasteiger partial charge in [0, 0.05) is 0 Å². The van der Waals surface area contributed by atoms with Gasteiger partial charge in [0.05, 0.1) is 10.9 Å². The molecule has 1 aromatic carbocycles. The SMILES string of the molecule is C[C@H](NS(=O)(=O)c1ccccc1)C(=O)NN. The molecule has 0 radical (unpaired) electrons. The molecule has 1 aromatic rings. The number of hydrogen-bond acceptors (Lipinski definition) is 4. The Balaban J connectivity index is 2.85. The summed E-state index contributed by atoms with van der Waals surface area (Å²) in [5, 5.41) is 0. The number of benzene rings is 1. The second-order valence-electron chi connectivity index (χ2n) is 3.16. The van der Waals surface area contributed by atoms with Gasteiger partial charge >= 0.3 is 0 Å². The van der Waals surface area contributed by atoms with Crippen molar-refractivity contribution in [2.75, 3.05) is 0 Å². The minimum absolute atomic E-state index is 0.103. The minimum Gasteiger partial charge on any atom is -0.293 e. The Morgan fingerprint density at radius 3 is 2.38 bits per heavy atom. The quantitative estimate of drug-likeness (QED) is 0.371. The lowest BCUT2D eigenvalue weighted by Crippen LogP contribution is -2.47. The Morgan fingerprint density at radius 1 is 1.31 bits per heavy atom. The van der Waals surface area contributed by atoms with E-state index in [1.54, 1.807) is 18.2 Å². The van der Waals surface area contributed by atoms with Crippen LogP contribution in [0.1, 0.15) is 6.92 Å². The molecule has 0 aliphatic carbocycles. The first-order valence-corrected chi connectivity index (χ1v) is 6.03. The molecule has 0 spiro atoms. The summed E-state index contributed by atoms with van der Waals surface area (Å²) in [4.78, 5) is 11.2. The molecular formula is C9H13N3O3S. The summed E-state index contributed by atoms with van der Waals surface area (Å²) in [6.07, 6.45) is 0. The first-order chi connectivity index (χ1) is 7.47. The number of sulfonamides is 1. The van der Waals surface area contributed by atoms with E-state index in [9.17, 15) is 13.2 Å². The molecule has 88 valence electrons. The van der Waals surface area contributed by atoms with E-state index in [1.165, 1.54) is 19.1 Å². The smallest absolute Gasteiger partial charge is 0.251 e. The Hall–Kier alpha value is -1.44. The van der Waals surface area contributed by atoms with Gasteiger partial charge in [-0.15, -0.1) is 0 Å². The molecule has 6 nitrogen and oxygen atoms in total. The molecule has 1 atom stereocenters. The maximum Gasteiger partial charge on any atom is 0.251 e. The van der Waals surface area contributed by atoms with Crippen molar-refractivity contribution in [1.82, 2.24) is 10.1 Å². The molecule has 1 amide bonds. The van der Waals surface area contributed by atoms with Crippen LogP contribution in [0, 0.1) is 0 Å². The molecule has 0 bridgehead atoms. The summed E-state index contributed by atoms with van der Waals surface area (Å²) < 4.78 is 25.7. The highest BCUT2D eigenvalue weighted by Gasteiger charge is 2.20. The van der Waals surface area contributed by atoms with Gasteiger partial charge < -0.3 is 0 Å². The fourth-order valence-electron chi connectivity index (χ4n) is 1.08. The van der Waals surface area contributed by atoms with Crippen LogP contribution in [0.2, 0.25) is 0 Å². The Kier molecular flexibility index (Phi) is 3.99. The second-order valence-corrected chi connectivity index (χ2v) is 4.88. The predicted octanol–water partition coefficient (Wildman–Crippen LogP) is -0.657. The lowest BCUT2D eigenvalue weighted by atomic mass is 10.3. The lowest BCUT2D eigenvalue weighted by Gasteiger charge is -2.12. The molecule has 0 fully saturated rings.